The SMILES string of the molecule is O=C(NCC1CN(Cc2ccccc2)CCO1)C1CSCN1. The number of amides is 1. The monoisotopic (exact) mass is 321 g/mol. The largest absolute Gasteiger partial charge is 0.374 e. The number of thioether (sulfide) groups is 1. The van der Waals surface area contributed by atoms with Crippen LogP contribution < -0.4 is 10.6 Å². The van der Waals surface area contributed by atoms with Crippen molar-refractivity contribution in [1.29, 1.82) is 0 Å². The molecule has 5 nitrogen and oxygen atoms in total. The Morgan fingerprint density at radius 2 is 2.27 bits per heavy atom. The van der Waals surface area contributed by atoms with Gasteiger partial charge in [-0.05, 0) is 5.56 Å². The van der Waals surface area contributed by atoms with E-state index in [1.54, 1.807) is 11.8 Å². The van der Waals surface area contributed by atoms with Crippen molar-refractivity contribution in [1.82, 2.24) is 15.5 Å². The third-order valence-corrected chi connectivity index (χ3v) is 4.95. The maximum absolute atomic E-state index is 12.0. The summed E-state index contributed by atoms with van der Waals surface area (Å²) in [6.45, 7) is 4.06. The first kappa shape index (κ1) is 15.8. The van der Waals surface area contributed by atoms with Gasteiger partial charge in [0.15, 0.2) is 0 Å². The minimum absolute atomic E-state index is 0.0472. The fourth-order valence-corrected chi connectivity index (χ4v) is 3.73. The second kappa shape index (κ2) is 7.97. The average Bonchev–Trinajstić information content (AvgIpc) is 3.08. The Morgan fingerprint density at radius 1 is 1.41 bits per heavy atom. The number of morpholine rings is 1. The molecule has 0 spiro atoms. The first-order valence-corrected chi connectivity index (χ1v) is 8.93. The zero-order valence-electron chi connectivity index (χ0n) is 12.7. The molecular formula is C16H23N3O2S. The van der Waals surface area contributed by atoms with Crippen LogP contribution in [0.1, 0.15) is 5.56 Å². The fraction of sp³-hybridized carbons (Fsp3) is 0.562. The highest BCUT2D eigenvalue weighted by Gasteiger charge is 2.25. The van der Waals surface area contributed by atoms with Gasteiger partial charge in [0, 0.05) is 37.8 Å². The van der Waals surface area contributed by atoms with Gasteiger partial charge in [0.2, 0.25) is 5.91 Å². The van der Waals surface area contributed by atoms with Crippen molar-refractivity contribution in [3.8, 4) is 0 Å². The van der Waals surface area contributed by atoms with Gasteiger partial charge in [-0.3, -0.25) is 15.0 Å². The molecule has 2 fully saturated rings. The van der Waals surface area contributed by atoms with Crippen molar-refractivity contribution >= 4 is 17.7 Å². The molecule has 3 rings (SSSR count). The van der Waals surface area contributed by atoms with Crippen LogP contribution in [-0.4, -0.2) is 60.8 Å². The lowest BCUT2D eigenvalue weighted by atomic mass is 10.2. The van der Waals surface area contributed by atoms with Crippen LogP contribution in [0.25, 0.3) is 0 Å². The summed E-state index contributed by atoms with van der Waals surface area (Å²) in [5.74, 6) is 1.81. The molecule has 1 aromatic carbocycles. The average molecular weight is 321 g/mol. The molecule has 2 heterocycles. The van der Waals surface area contributed by atoms with Gasteiger partial charge in [-0.25, -0.2) is 0 Å². The van der Waals surface area contributed by atoms with Gasteiger partial charge in [0.1, 0.15) is 0 Å². The van der Waals surface area contributed by atoms with Crippen molar-refractivity contribution in [2.75, 3.05) is 37.9 Å². The first-order chi connectivity index (χ1) is 10.8. The quantitative estimate of drug-likeness (QED) is 0.835. The van der Waals surface area contributed by atoms with E-state index >= 15 is 0 Å². The Morgan fingerprint density at radius 3 is 3.05 bits per heavy atom. The number of carbonyl (C=O) groups is 1. The molecule has 0 bridgehead atoms. The van der Waals surface area contributed by atoms with Crippen molar-refractivity contribution in [3.05, 3.63) is 35.9 Å². The van der Waals surface area contributed by atoms with Crippen molar-refractivity contribution in [2.24, 2.45) is 0 Å². The van der Waals surface area contributed by atoms with Gasteiger partial charge >= 0.3 is 0 Å². The topological polar surface area (TPSA) is 53.6 Å². The number of hydrogen-bond donors (Lipinski definition) is 2. The number of ether oxygens (including phenoxy) is 1. The molecule has 1 aromatic rings. The summed E-state index contributed by atoms with van der Waals surface area (Å²) >= 11 is 1.76. The maximum atomic E-state index is 12.0. The van der Waals surface area contributed by atoms with Gasteiger partial charge in [-0.15, -0.1) is 11.8 Å². The molecule has 0 aromatic heterocycles. The summed E-state index contributed by atoms with van der Waals surface area (Å²) in [6, 6.07) is 10.4. The summed E-state index contributed by atoms with van der Waals surface area (Å²) < 4.78 is 5.78. The van der Waals surface area contributed by atoms with E-state index in [1.165, 1.54) is 5.56 Å². The van der Waals surface area contributed by atoms with Crippen LogP contribution in [0.5, 0.6) is 0 Å². The van der Waals surface area contributed by atoms with Gasteiger partial charge in [0.05, 0.1) is 18.8 Å². The molecule has 120 valence electrons. The number of nitrogens with zero attached hydrogens (tertiary/aromatic N) is 1. The normalized spacial score (nSPS) is 26.0. The summed E-state index contributed by atoms with van der Waals surface area (Å²) in [7, 11) is 0. The molecule has 0 saturated carbocycles. The molecule has 1 amide bonds. The van der Waals surface area contributed by atoms with Gasteiger partial charge in [0.25, 0.3) is 0 Å². The highest BCUT2D eigenvalue weighted by molar-refractivity contribution is 7.99. The lowest BCUT2D eigenvalue weighted by Gasteiger charge is -2.33. The number of hydrogen-bond acceptors (Lipinski definition) is 5. The third-order valence-electron chi connectivity index (χ3n) is 4.01. The second-order valence-corrected chi connectivity index (χ2v) is 6.76. The summed E-state index contributed by atoms with van der Waals surface area (Å²) in [4.78, 5) is 14.4. The molecule has 6 heteroatoms. The lowest BCUT2D eigenvalue weighted by Crippen LogP contribution is -2.50. The van der Waals surface area contributed by atoms with Crippen LogP contribution in [0.15, 0.2) is 30.3 Å². The van der Waals surface area contributed by atoms with E-state index in [2.05, 4.69) is 39.8 Å². The summed E-state index contributed by atoms with van der Waals surface area (Å²) in [6.07, 6.45) is 0.0791. The van der Waals surface area contributed by atoms with E-state index in [1.807, 2.05) is 6.07 Å². The van der Waals surface area contributed by atoms with Crippen LogP contribution in [0.2, 0.25) is 0 Å². The Bertz CT molecular complexity index is 480. The minimum Gasteiger partial charge on any atom is -0.374 e. The molecule has 2 saturated heterocycles. The van der Waals surface area contributed by atoms with Crippen LogP contribution in [-0.2, 0) is 16.1 Å². The number of carbonyl (C=O) groups excluding carboxylic acids is 1. The van der Waals surface area contributed by atoms with Gasteiger partial charge < -0.3 is 10.1 Å². The first-order valence-electron chi connectivity index (χ1n) is 7.78. The summed E-state index contributed by atoms with van der Waals surface area (Å²) in [5, 5.41) is 6.20. The van der Waals surface area contributed by atoms with E-state index in [-0.39, 0.29) is 18.1 Å². The lowest BCUT2D eigenvalue weighted by molar-refractivity contribution is -0.123. The van der Waals surface area contributed by atoms with E-state index < -0.39 is 0 Å². The van der Waals surface area contributed by atoms with Crippen LogP contribution in [0.4, 0.5) is 0 Å². The van der Waals surface area contributed by atoms with Crippen LogP contribution >= 0.6 is 11.8 Å². The Balaban J connectivity index is 1.43. The third kappa shape index (κ3) is 4.46. The maximum Gasteiger partial charge on any atom is 0.238 e. The molecule has 2 aliphatic rings. The van der Waals surface area contributed by atoms with Gasteiger partial charge in [-0.2, -0.15) is 0 Å². The van der Waals surface area contributed by atoms with Crippen LogP contribution in [0.3, 0.4) is 0 Å². The Hall–Kier alpha value is -1.08. The van der Waals surface area contributed by atoms with Crippen molar-refractivity contribution in [2.45, 2.75) is 18.7 Å². The Kier molecular flexibility index (Phi) is 5.72. The molecule has 0 aliphatic carbocycles. The van der Waals surface area contributed by atoms with E-state index in [9.17, 15) is 4.79 Å². The molecule has 2 atom stereocenters. The molecule has 22 heavy (non-hydrogen) atoms. The van der Waals surface area contributed by atoms with Gasteiger partial charge in [-0.1, -0.05) is 30.3 Å². The zero-order chi connectivity index (χ0) is 15.2. The van der Waals surface area contributed by atoms with Crippen molar-refractivity contribution in [3.63, 3.8) is 0 Å². The van der Waals surface area contributed by atoms with E-state index in [0.29, 0.717) is 6.54 Å². The van der Waals surface area contributed by atoms with E-state index in [0.717, 1.165) is 37.9 Å². The van der Waals surface area contributed by atoms with Crippen molar-refractivity contribution < 1.29 is 9.53 Å². The second-order valence-electron chi connectivity index (χ2n) is 5.73. The smallest absolute Gasteiger partial charge is 0.238 e. The molecule has 2 N–H and O–H groups in total. The highest BCUT2D eigenvalue weighted by Crippen LogP contribution is 2.11. The molecule has 2 aliphatic heterocycles. The number of rotatable bonds is 5. The van der Waals surface area contributed by atoms with E-state index in [4.69, 9.17) is 4.74 Å². The van der Waals surface area contributed by atoms with Crippen LogP contribution in [0, 0.1) is 0 Å². The highest BCUT2D eigenvalue weighted by atomic mass is 32.2. The fourth-order valence-electron chi connectivity index (χ4n) is 2.79. The standard InChI is InChI=1S/C16H23N3O2S/c20-16(15-11-22-12-18-15)17-8-14-10-19(6-7-21-14)9-13-4-2-1-3-5-13/h1-5,14-15,18H,6-12H2,(H,17,20). The number of benzene rings is 1. The zero-order valence-corrected chi connectivity index (χ0v) is 13.5. The predicted molar refractivity (Wildman–Crippen MR) is 88.7 cm³/mol. The Labute approximate surface area is 135 Å². The predicted octanol–water partition coefficient (Wildman–Crippen LogP) is 0.666. The molecular weight excluding hydrogens is 298 g/mol. The molecule has 2 unspecified atom stereocenters. The molecule has 0 radical (unpaired) electrons. The summed E-state index contributed by atoms with van der Waals surface area (Å²) in [5.41, 5.74) is 1.32. The minimum atomic E-state index is -0.0472. The number of nitrogens with one attached hydrogen (secondary N) is 2.